The summed E-state index contributed by atoms with van der Waals surface area (Å²) < 4.78 is 0. The van der Waals surface area contributed by atoms with Crippen LogP contribution in [0.15, 0.2) is 41.4 Å². The molecule has 3 heterocycles. The molecule has 1 aromatic heterocycles. The lowest BCUT2D eigenvalue weighted by Crippen LogP contribution is -2.47. The molecule has 0 unspecified atom stereocenters. The van der Waals surface area contributed by atoms with Crippen LogP contribution in [0.4, 0.5) is 16.4 Å². The van der Waals surface area contributed by atoms with Gasteiger partial charge in [0.05, 0.1) is 16.9 Å². The smallest absolute Gasteiger partial charge is 0.328 e. The van der Waals surface area contributed by atoms with Gasteiger partial charge in [0.1, 0.15) is 10.8 Å². The Morgan fingerprint density at radius 3 is 2.41 bits per heavy atom. The number of aryl methyl sites for hydroxylation is 1. The number of piperazine rings is 1. The van der Waals surface area contributed by atoms with Crippen LogP contribution in [0.1, 0.15) is 17.4 Å². The molecule has 2 aliphatic heterocycles. The Morgan fingerprint density at radius 2 is 1.81 bits per heavy atom. The summed E-state index contributed by atoms with van der Waals surface area (Å²) in [5.41, 5.74) is 3.15. The maximum Gasteiger partial charge on any atom is 0.328 e. The number of aliphatic imine (C=N–C) groups is 1. The number of hydrogen-bond donors (Lipinski definition) is 3. The van der Waals surface area contributed by atoms with Crippen molar-refractivity contribution in [3.05, 3.63) is 51.9 Å². The highest BCUT2D eigenvalue weighted by Gasteiger charge is 2.25. The molecule has 1 saturated heterocycles. The Kier molecular flexibility index (Phi) is 7.89. The minimum absolute atomic E-state index is 0.558. The molecule has 170 valence electrons. The van der Waals surface area contributed by atoms with Crippen molar-refractivity contribution in [2.75, 3.05) is 38.5 Å². The van der Waals surface area contributed by atoms with Crippen LogP contribution in [0.3, 0.4) is 0 Å². The second-order valence-corrected chi connectivity index (χ2v) is 8.90. The highest BCUT2D eigenvalue weighted by molar-refractivity contribution is 7.16. The van der Waals surface area contributed by atoms with Gasteiger partial charge in [0.15, 0.2) is 0 Å². The Balaban J connectivity index is 0.000000312. The minimum atomic E-state index is -1.26. The molecule has 0 aliphatic carbocycles. The van der Waals surface area contributed by atoms with Crippen molar-refractivity contribution in [2.45, 2.75) is 13.3 Å². The van der Waals surface area contributed by atoms with Gasteiger partial charge in [-0.1, -0.05) is 18.5 Å². The first kappa shape index (κ1) is 23.8. The molecule has 0 saturated carbocycles. The number of carboxylic acids is 2. The molecule has 0 atom stereocenters. The van der Waals surface area contributed by atoms with Gasteiger partial charge in [0, 0.05) is 48.2 Å². The molecule has 1 aromatic carbocycles. The second-order valence-electron chi connectivity index (χ2n) is 7.33. The number of carboxylic acid groups (broad SMARTS) is 2. The van der Waals surface area contributed by atoms with E-state index in [1.807, 2.05) is 29.5 Å². The van der Waals surface area contributed by atoms with E-state index in [1.54, 1.807) is 0 Å². The summed E-state index contributed by atoms with van der Waals surface area (Å²) >= 11 is 8.02. The molecular formula is C22H25ClN4O4S. The Morgan fingerprint density at radius 1 is 1.16 bits per heavy atom. The molecule has 32 heavy (non-hydrogen) atoms. The van der Waals surface area contributed by atoms with Crippen LogP contribution in [0, 0.1) is 0 Å². The average Bonchev–Trinajstić information content (AvgIpc) is 3.10. The van der Waals surface area contributed by atoms with Crippen molar-refractivity contribution in [3.63, 3.8) is 0 Å². The summed E-state index contributed by atoms with van der Waals surface area (Å²) in [6.07, 6.45) is 2.16. The number of fused-ring (bicyclic) bond motifs is 2. The zero-order valence-electron chi connectivity index (χ0n) is 17.8. The molecule has 4 rings (SSSR count). The van der Waals surface area contributed by atoms with Gasteiger partial charge in [-0.15, -0.1) is 11.3 Å². The predicted molar refractivity (Wildman–Crippen MR) is 128 cm³/mol. The highest BCUT2D eigenvalue weighted by atomic mass is 35.5. The third-order valence-corrected chi connectivity index (χ3v) is 6.41. The van der Waals surface area contributed by atoms with Gasteiger partial charge in [-0.3, -0.25) is 0 Å². The lowest BCUT2D eigenvalue weighted by molar-refractivity contribution is -0.134. The molecule has 8 nitrogen and oxygen atoms in total. The first-order chi connectivity index (χ1) is 15.3. The van der Waals surface area contributed by atoms with E-state index in [4.69, 9.17) is 26.8 Å². The number of nitrogens with zero attached hydrogens (tertiary/aromatic N) is 3. The molecule has 0 radical (unpaired) electrons. The van der Waals surface area contributed by atoms with E-state index in [0.29, 0.717) is 12.2 Å². The number of carbonyl (C=O) groups is 2. The Labute approximate surface area is 195 Å². The van der Waals surface area contributed by atoms with Crippen molar-refractivity contribution in [1.82, 2.24) is 9.80 Å². The fourth-order valence-corrected chi connectivity index (χ4v) is 4.45. The van der Waals surface area contributed by atoms with Gasteiger partial charge < -0.3 is 25.3 Å². The number of anilines is 2. The monoisotopic (exact) mass is 476 g/mol. The van der Waals surface area contributed by atoms with Crippen molar-refractivity contribution >= 4 is 57.1 Å². The van der Waals surface area contributed by atoms with Crippen molar-refractivity contribution in [3.8, 4) is 0 Å². The first-order valence-corrected chi connectivity index (χ1v) is 11.3. The van der Waals surface area contributed by atoms with E-state index < -0.39 is 11.9 Å². The van der Waals surface area contributed by atoms with Gasteiger partial charge >= 0.3 is 11.9 Å². The second kappa shape index (κ2) is 10.6. The zero-order valence-corrected chi connectivity index (χ0v) is 19.4. The predicted octanol–water partition coefficient (Wildman–Crippen LogP) is 4.06. The number of hydrogen-bond acceptors (Lipinski definition) is 7. The maximum atomic E-state index is 9.55. The van der Waals surface area contributed by atoms with Crippen LogP contribution in [0.2, 0.25) is 5.02 Å². The molecule has 0 amide bonds. The maximum absolute atomic E-state index is 9.55. The first-order valence-electron chi connectivity index (χ1n) is 10.1. The summed E-state index contributed by atoms with van der Waals surface area (Å²) in [7, 11) is 2.17. The van der Waals surface area contributed by atoms with Crippen LogP contribution in [0.25, 0.3) is 0 Å². The minimum Gasteiger partial charge on any atom is -0.478 e. The number of rotatable bonds is 3. The topological polar surface area (TPSA) is 105 Å². The number of benzene rings is 1. The van der Waals surface area contributed by atoms with E-state index in [9.17, 15) is 9.59 Å². The van der Waals surface area contributed by atoms with E-state index in [0.717, 1.165) is 54.8 Å². The number of likely N-dealkylation sites (N-methyl/N-ethyl adjacent to an activating group) is 1. The van der Waals surface area contributed by atoms with Crippen LogP contribution in [-0.2, 0) is 16.0 Å². The number of amidine groups is 1. The van der Waals surface area contributed by atoms with E-state index in [-0.39, 0.29) is 0 Å². The van der Waals surface area contributed by atoms with Gasteiger partial charge in [-0.25, -0.2) is 14.6 Å². The average molecular weight is 477 g/mol. The van der Waals surface area contributed by atoms with E-state index in [2.05, 4.69) is 35.2 Å². The number of nitrogens with one attached hydrogen (secondary N) is 1. The van der Waals surface area contributed by atoms with Crippen LogP contribution >= 0.6 is 22.9 Å². The number of thiophene rings is 1. The summed E-state index contributed by atoms with van der Waals surface area (Å²) in [4.78, 5) is 30.3. The highest BCUT2D eigenvalue weighted by Crippen LogP contribution is 2.40. The quantitative estimate of drug-likeness (QED) is 0.573. The van der Waals surface area contributed by atoms with Gasteiger partial charge in [0.25, 0.3) is 0 Å². The largest absolute Gasteiger partial charge is 0.478 e. The molecule has 2 aliphatic rings. The summed E-state index contributed by atoms with van der Waals surface area (Å²) in [5.74, 6) is -1.44. The normalized spacial score (nSPS) is 15.6. The van der Waals surface area contributed by atoms with Gasteiger partial charge in [0.2, 0.25) is 0 Å². The summed E-state index contributed by atoms with van der Waals surface area (Å²) in [6.45, 7) is 6.33. The number of aliphatic carboxylic acids is 2. The fraction of sp³-hybridized carbons (Fsp3) is 0.318. The van der Waals surface area contributed by atoms with E-state index >= 15 is 0 Å². The molecule has 3 N–H and O–H groups in total. The molecule has 0 spiro atoms. The van der Waals surface area contributed by atoms with Gasteiger partial charge in [-0.05, 0) is 37.7 Å². The lowest BCUT2D eigenvalue weighted by Gasteiger charge is -2.34. The standard InChI is InChI=1S/C18H21ClN4S.C4H4O4/c1-3-13-11-14-17(23-8-6-22(2)7-9-23)20-16-10-12(19)4-5-15(16)21-18(14)24-13;5-3(6)1-2-4(7)8/h4-5,10-11,21H,3,6-9H2,1-2H3;1-2H,(H,5,6)(H,7,8)/b;2-1+. The van der Waals surface area contributed by atoms with E-state index in [1.165, 1.54) is 15.4 Å². The summed E-state index contributed by atoms with van der Waals surface area (Å²) in [5, 5.41) is 21.1. The number of halogens is 1. The lowest BCUT2D eigenvalue weighted by atomic mass is 10.2. The van der Waals surface area contributed by atoms with Crippen LogP contribution < -0.4 is 5.32 Å². The van der Waals surface area contributed by atoms with Crippen molar-refractivity contribution in [1.29, 1.82) is 0 Å². The van der Waals surface area contributed by atoms with Gasteiger partial charge in [-0.2, -0.15) is 0 Å². The Hall–Kier alpha value is -2.88. The molecule has 0 bridgehead atoms. The molecule has 1 fully saturated rings. The SMILES string of the molecule is CCc1cc2c(s1)Nc1ccc(Cl)cc1N=C2N1CCN(C)CC1.O=C(O)/C=C/C(=O)O. The molecule has 2 aromatic rings. The van der Waals surface area contributed by atoms with Crippen LogP contribution in [-0.4, -0.2) is 71.0 Å². The van der Waals surface area contributed by atoms with Crippen molar-refractivity contribution < 1.29 is 19.8 Å². The summed E-state index contributed by atoms with van der Waals surface area (Å²) in [6, 6.07) is 8.16. The third kappa shape index (κ3) is 6.09. The van der Waals surface area contributed by atoms with Crippen molar-refractivity contribution in [2.24, 2.45) is 4.99 Å². The molecule has 10 heteroatoms. The third-order valence-electron chi connectivity index (χ3n) is 4.98. The Bertz CT molecular complexity index is 1040. The fourth-order valence-electron chi connectivity index (χ4n) is 3.28. The van der Waals surface area contributed by atoms with Crippen LogP contribution in [0.5, 0.6) is 0 Å². The molecular weight excluding hydrogens is 452 g/mol. The zero-order chi connectivity index (χ0) is 23.3.